The third kappa shape index (κ3) is 4.74. The van der Waals surface area contributed by atoms with E-state index < -0.39 is 0 Å². The number of hydrogen-bond acceptors (Lipinski definition) is 5. The second-order valence-corrected chi connectivity index (χ2v) is 7.65. The zero-order valence-electron chi connectivity index (χ0n) is 17.7. The van der Waals surface area contributed by atoms with Crippen molar-refractivity contribution in [2.45, 2.75) is 13.8 Å². The van der Waals surface area contributed by atoms with Gasteiger partial charge in [0.25, 0.3) is 5.91 Å². The number of piperazine rings is 1. The summed E-state index contributed by atoms with van der Waals surface area (Å²) in [5.74, 6) is 0.944. The lowest BCUT2D eigenvalue weighted by Crippen LogP contribution is -2.48. The van der Waals surface area contributed by atoms with Crippen LogP contribution in [0.1, 0.15) is 33.2 Å². The topological polar surface area (TPSA) is 62.7 Å². The Morgan fingerprint density at radius 2 is 1.58 bits per heavy atom. The monoisotopic (exact) mass is 415 g/mol. The molecule has 6 nitrogen and oxygen atoms in total. The Kier molecular flexibility index (Phi) is 5.98. The van der Waals surface area contributed by atoms with E-state index in [1.807, 2.05) is 60.4 Å². The van der Waals surface area contributed by atoms with Gasteiger partial charge in [-0.15, -0.1) is 0 Å². The van der Waals surface area contributed by atoms with Crippen molar-refractivity contribution in [1.82, 2.24) is 9.88 Å². The molecule has 2 aromatic carbocycles. The summed E-state index contributed by atoms with van der Waals surface area (Å²) in [5, 5.41) is 0. The summed E-state index contributed by atoms with van der Waals surface area (Å²) in [6.07, 6.45) is 1.63. The first-order valence-corrected chi connectivity index (χ1v) is 10.4. The largest absolute Gasteiger partial charge is 0.438 e. The van der Waals surface area contributed by atoms with Crippen LogP contribution in [0, 0.1) is 6.92 Å². The summed E-state index contributed by atoms with van der Waals surface area (Å²) < 4.78 is 5.90. The molecular weight excluding hydrogens is 390 g/mol. The van der Waals surface area contributed by atoms with Gasteiger partial charge in [0.2, 0.25) is 5.88 Å². The second-order valence-electron chi connectivity index (χ2n) is 7.65. The predicted octanol–water partition coefficient (Wildman–Crippen LogP) is 4.35. The average molecular weight is 415 g/mol. The van der Waals surface area contributed by atoms with Gasteiger partial charge in [-0.25, -0.2) is 4.98 Å². The van der Waals surface area contributed by atoms with Crippen LogP contribution in [-0.4, -0.2) is 47.8 Å². The molecular formula is C25H25N3O3. The van der Waals surface area contributed by atoms with Crippen LogP contribution in [0.4, 0.5) is 5.69 Å². The van der Waals surface area contributed by atoms with E-state index in [2.05, 4.69) is 9.88 Å². The lowest BCUT2D eigenvalue weighted by Gasteiger charge is -2.36. The van der Waals surface area contributed by atoms with E-state index >= 15 is 0 Å². The number of rotatable bonds is 5. The lowest BCUT2D eigenvalue weighted by atomic mass is 10.1. The van der Waals surface area contributed by atoms with Gasteiger partial charge in [0.05, 0.1) is 0 Å². The smallest absolute Gasteiger partial charge is 0.259 e. The second kappa shape index (κ2) is 9.00. The molecule has 0 aliphatic carbocycles. The molecule has 0 atom stereocenters. The highest BCUT2D eigenvalue weighted by Crippen LogP contribution is 2.25. The fourth-order valence-corrected chi connectivity index (χ4v) is 3.60. The van der Waals surface area contributed by atoms with Gasteiger partial charge in [-0.1, -0.05) is 17.7 Å². The first-order valence-electron chi connectivity index (χ1n) is 10.4. The van der Waals surface area contributed by atoms with Crippen molar-refractivity contribution in [3.05, 3.63) is 83.6 Å². The third-order valence-electron chi connectivity index (χ3n) is 5.44. The molecule has 2 heterocycles. The van der Waals surface area contributed by atoms with Gasteiger partial charge >= 0.3 is 0 Å². The number of carbonyl (C=O) groups excluding carboxylic acids is 2. The summed E-state index contributed by atoms with van der Waals surface area (Å²) in [6, 6.07) is 18.8. The molecule has 1 saturated heterocycles. The number of aromatic nitrogens is 1. The van der Waals surface area contributed by atoms with E-state index in [0.29, 0.717) is 35.8 Å². The van der Waals surface area contributed by atoms with Crippen molar-refractivity contribution < 1.29 is 14.3 Å². The highest BCUT2D eigenvalue weighted by molar-refractivity contribution is 5.96. The Morgan fingerprint density at radius 1 is 0.903 bits per heavy atom. The highest BCUT2D eigenvalue weighted by Gasteiger charge is 2.25. The summed E-state index contributed by atoms with van der Waals surface area (Å²) >= 11 is 0. The molecule has 31 heavy (non-hydrogen) atoms. The van der Waals surface area contributed by atoms with Crippen LogP contribution in [0.2, 0.25) is 0 Å². The predicted molar refractivity (Wildman–Crippen MR) is 120 cm³/mol. The molecule has 0 radical (unpaired) electrons. The summed E-state index contributed by atoms with van der Waals surface area (Å²) in [7, 11) is 0. The fraction of sp³-hybridized carbons (Fsp3) is 0.240. The first-order chi connectivity index (χ1) is 15.0. The van der Waals surface area contributed by atoms with Gasteiger partial charge in [0, 0.05) is 43.6 Å². The van der Waals surface area contributed by atoms with Crippen molar-refractivity contribution in [1.29, 1.82) is 0 Å². The van der Waals surface area contributed by atoms with Crippen molar-refractivity contribution >= 4 is 17.4 Å². The van der Waals surface area contributed by atoms with Crippen LogP contribution in [0.15, 0.2) is 66.9 Å². The van der Waals surface area contributed by atoms with Gasteiger partial charge in [-0.05, 0) is 62.4 Å². The lowest BCUT2D eigenvalue weighted by molar-refractivity contribution is 0.0743. The van der Waals surface area contributed by atoms with Crippen molar-refractivity contribution in [2.75, 3.05) is 31.1 Å². The molecule has 6 heteroatoms. The van der Waals surface area contributed by atoms with E-state index in [9.17, 15) is 9.59 Å². The van der Waals surface area contributed by atoms with E-state index in [1.54, 1.807) is 25.3 Å². The third-order valence-corrected chi connectivity index (χ3v) is 5.44. The summed E-state index contributed by atoms with van der Waals surface area (Å²) in [4.78, 5) is 33.0. The normalized spacial score (nSPS) is 13.7. The van der Waals surface area contributed by atoms with Gasteiger partial charge in [-0.2, -0.15) is 0 Å². The van der Waals surface area contributed by atoms with Gasteiger partial charge in [-0.3, -0.25) is 9.59 Å². The number of anilines is 1. The Morgan fingerprint density at radius 3 is 2.23 bits per heavy atom. The standard InChI is InChI=1S/C25H25N3O3/c1-18-5-11-22(12-6-18)31-24-23(4-3-13-26-24)25(30)28-16-14-27(15-17-28)21-9-7-20(8-10-21)19(2)29/h3-13H,14-17H2,1-2H3. The van der Waals surface area contributed by atoms with Crippen LogP contribution in [-0.2, 0) is 0 Å². The van der Waals surface area contributed by atoms with E-state index in [4.69, 9.17) is 4.74 Å². The number of Topliss-reactive ketones (excluding diaryl/α,β-unsaturated/α-hetero) is 1. The minimum atomic E-state index is -0.0817. The van der Waals surface area contributed by atoms with Crippen molar-refractivity contribution in [3.8, 4) is 11.6 Å². The molecule has 4 rings (SSSR count). The molecule has 158 valence electrons. The molecule has 3 aromatic rings. The Labute approximate surface area is 182 Å². The minimum absolute atomic E-state index is 0.0575. The molecule has 1 aliphatic rings. The highest BCUT2D eigenvalue weighted by atomic mass is 16.5. The number of carbonyl (C=O) groups is 2. The van der Waals surface area contributed by atoms with Gasteiger partial charge < -0.3 is 14.5 Å². The molecule has 0 spiro atoms. The molecule has 0 unspecified atom stereocenters. The molecule has 0 bridgehead atoms. The molecule has 1 amide bonds. The van der Waals surface area contributed by atoms with E-state index in [1.165, 1.54) is 0 Å². The number of pyridine rings is 1. The minimum Gasteiger partial charge on any atom is -0.438 e. The first kappa shape index (κ1) is 20.6. The summed E-state index contributed by atoms with van der Waals surface area (Å²) in [6.45, 7) is 6.23. The van der Waals surface area contributed by atoms with Gasteiger partial charge in [0.15, 0.2) is 5.78 Å². The number of amides is 1. The number of aryl methyl sites for hydroxylation is 1. The Bertz CT molecular complexity index is 1070. The number of nitrogens with zero attached hydrogens (tertiary/aromatic N) is 3. The van der Waals surface area contributed by atoms with Crippen molar-refractivity contribution in [3.63, 3.8) is 0 Å². The fourth-order valence-electron chi connectivity index (χ4n) is 3.60. The van der Waals surface area contributed by atoms with Crippen molar-refractivity contribution in [2.24, 2.45) is 0 Å². The Balaban J connectivity index is 1.43. The molecule has 1 aliphatic heterocycles. The molecule has 0 saturated carbocycles. The number of benzene rings is 2. The maximum atomic E-state index is 13.2. The molecule has 1 aromatic heterocycles. The van der Waals surface area contributed by atoms with E-state index in [0.717, 1.165) is 24.3 Å². The average Bonchev–Trinajstić information content (AvgIpc) is 2.81. The van der Waals surface area contributed by atoms with Crippen LogP contribution in [0.3, 0.4) is 0 Å². The van der Waals surface area contributed by atoms with E-state index in [-0.39, 0.29) is 11.7 Å². The summed E-state index contributed by atoms with van der Waals surface area (Å²) in [5.41, 5.74) is 3.36. The van der Waals surface area contributed by atoms with Crippen LogP contribution < -0.4 is 9.64 Å². The van der Waals surface area contributed by atoms with Gasteiger partial charge in [0.1, 0.15) is 11.3 Å². The number of ketones is 1. The molecule has 0 N–H and O–H groups in total. The van der Waals surface area contributed by atoms with Crippen LogP contribution >= 0.6 is 0 Å². The zero-order valence-corrected chi connectivity index (χ0v) is 17.7. The SMILES string of the molecule is CC(=O)c1ccc(N2CCN(C(=O)c3cccnc3Oc3ccc(C)cc3)CC2)cc1. The Hall–Kier alpha value is -3.67. The maximum absolute atomic E-state index is 13.2. The zero-order chi connectivity index (χ0) is 21.8. The molecule has 1 fully saturated rings. The number of hydrogen-bond donors (Lipinski definition) is 0. The quantitative estimate of drug-likeness (QED) is 0.580. The van der Waals surface area contributed by atoms with Crippen LogP contribution in [0.5, 0.6) is 11.6 Å². The van der Waals surface area contributed by atoms with Crippen LogP contribution in [0.25, 0.3) is 0 Å². The maximum Gasteiger partial charge on any atom is 0.259 e. The number of ether oxygens (including phenoxy) is 1.